The first-order valence-electron chi connectivity index (χ1n) is 7.25. The van der Waals surface area contributed by atoms with Gasteiger partial charge in [-0.3, -0.25) is 9.89 Å². The van der Waals surface area contributed by atoms with Crippen LogP contribution in [0.4, 0.5) is 5.82 Å². The van der Waals surface area contributed by atoms with Crippen LogP contribution in [-0.2, 0) is 11.2 Å². The number of hydrogen-bond donors (Lipinski definition) is 4. The second-order valence-corrected chi connectivity index (χ2v) is 5.36. The van der Waals surface area contributed by atoms with Crippen molar-refractivity contribution in [2.24, 2.45) is 0 Å². The van der Waals surface area contributed by atoms with Crippen molar-refractivity contribution in [1.29, 1.82) is 0 Å². The fourth-order valence-electron chi connectivity index (χ4n) is 2.71. The van der Waals surface area contributed by atoms with Gasteiger partial charge in [-0.05, 0) is 6.42 Å². The van der Waals surface area contributed by atoms with Gasteiger partial charge in [0.1, 0.15) is 11.5 Å². The molecule has 0 fully saturated rings. The molecule has 8 nitrogen and oxygen atoms in total. The zero-order chi connectivity index (χ0) is 15.7. The highest BCUT2D eigenvalue weighted by molar-refractivity contribution is 5.98. The molecule has 116 valence electrons. The van der Waals surface area contributed by atoms with Gasteiger partial charge in [-0.1, -0.05) is 13.3 Å². The summed E-state index contributed by atoms with van der Waals surface area (Å²) in [6.07, 6.45) is 4.77. The van der Waals surface area contributed by atoms with E-state index in [1.54, 1.807) is 6.20 Å². The third-order valence-electron chi connectivity index (χ3n) is 3.80. The Hall–Kier alpha value is -2.64. The predicted molar refractivity (Wildman–Crippen MR) is 77.8 cm³/mol. The third-order valence-corrected chi connectivity index (χ3v) is 3.80. The summed E-state index contributed by atoms with van der Waals surface area (Å²) in [7, 11) is 0. The lowest BCUT2D eigenvalue weighted by atomic mass is 9.89. The molecule has 4 N–H and O–H groups in total. The molecule has 0 radical (unpaired) electrons. The molecule has 1 unspecified atom stereocenters. The lowest BCUT2D eigenvalue weighted by Crippen LogP contribution is -2.24. The van der Waals surface area contributed by atoms with Gasteiger partial charge in [0.2, 0.25) is 5.91 Å². The number of H-pyrrole nitrogens is 2. The minimum atomic E-state index is -1.10. The average molecular weight is 303 g/mol. The Balaban J connectivity index is 1.97. The Morgan fingerprint density at radius 3 is 3.05 bits per heavy atom. The van der Waals surface area contributed by atoms with Gasteiger partial charge in [0, 0.05) is 36.2 Å². The predicted octanol–water partition coefficient (Wildman–Crippen LogP) is 1.65. The molecule has 1 aliphatic rings. The van der Waals surface area contributed by atoms with Gasteiger partial charge in [0.25, 0.3) is 0 Å². The van der Waals surface area contributed by atoms with Crippen LogP contribution in [-0.4, -0.2) is 37.1 Å². The highest BCUT2D eigenvalue weighted by Crippen LogP contribution is 2.37. The van der Waals surface area contributed by atoms with Crippen molar-refractivity contribution >= 4 is 17.7 Å². The number of aryl methyl sites for hydroxylation is 1. The molecule has 0 aromatic carbocycles. The molecule has 0 aliphatic carbocycles. The summed E-state index contributed by atoms with van der Waals surface area (Å²) in [5.41, 5.74) is 1.24. The maximum atomic E-state index is 11.8. The van der Waals surface area contributed by atoms with Crippen LogP contribution in [0.5, 0.6) is 0 Å². The smallest absolute Gasteiger partial charge is 0.354 e. The van der Waals surface area contributed by atoms with Crippen molar-refractivity contribution in [3.63, 3.8) is 0 Å². The molecule has 2 aromatic rings. The molecule has 0 saturated carbocycles. The lowest BCUT2D eigenvalue weighted by Gasteiger charge is -2.21. The molecule has 1 aliphatic heterocycles. The number of aromatic amines is 2. The number of carbonyl (C=O) groups excluding carboxylic acids is 1. The number of aromatic carboxylic acids is 1. The number of carboxylic acids is 1. The van der Waals surface area contributed by atoms with Crippen molar-refractivity contribution in [3.05, 3.63) is 29.0 Å². The minimum Gasteiger partial charge on any atom is -0.477 e. The molecule has 22 heavy (non-hydrogen) atoms. The molecule has 1 atom stereocenters. The Bertz CT molecular complexity index is 718. The van der Waals surface area contributed by atoms with Crippen LogP contribution in [0.2, 0.25) is 0 Å². The number of nitrogens with one attached hydrogen (secondary N) is 3. The van der Waals surface area contributed by atoms with Crippen molar-refractivity contribution in [2.45, 2.75) is 38.5 Å². The molecule has 8 heteroatoms. The van der Waals surface area contributed by atoms with Crippen molar-refractivity contribution in [3.8, 4) is 0 Å². The number of carboxylic acid groups (broad SMARTS) is 1. The standard InChI is InChI=1S/C14H17N5O3/c1-2-3-4-9-15-6-8(16-9)7-5-10(20)17-13-11(7)12(14(21)22)18-19-13/h6-7H,2-5H2,1H3,(H,15,16)(H,21,22)(H2,17,18,19,20). The number of nitrogens with zero attached hydrogens (tertiary/aromatic N) is 2. The van der Waals surface area contributed by atoms with E-state index in [1.807, 2.05) is 0 Å². The monoisotopic (exact) mass is 303 g/mol. The first kappa shape index (κ1) is 14.3. The zero-order valence-corrected chi connectivity index (χ0v) is 12.1. The number of amides is 1. The maximum Gasteiger partial charge on any atom is 0.354 e. The molecule has 3 rings (SSSR count). The third kappa shape index (κ3) is 2.47. The second kappa shape index (κ2) is 5.63. The van der Waals surface area contributed by atoms with E-state index in [1.165, 1.54) is 0 Å². The normalized spacial score (nSPS) is 17.1. The maximum absolute atomic E-state index is 11.8. The summed E-state index contributed by atoms with van der Waals surface area (Å²) < 4.78 is 0. The van der Waals surface area contributed by atoms with E-state index in [4.69, 9.17) is 0 Å². The number of fused-ring (bicyclic) bond motifs is 1. The van der Waals surface area contributed by atoms with Crippen LogP contribution in [0.1, 0.15) is 59.7 Å². The minimum absolute atomic E-state index is 0.00436. The van der Waals surface area contributed by atoms with Gasteiger partial charge in [-0.2, -0.15) is 5.10 Å². The summed E-state index contributed by atoms with van der Waals surface area (Å²) in [6.45, 7) is 2.10. The molecule has 0 spiro atoms. The zero-order valence-electron chi connectivity index (χ0n) is 12.1. The lowest BCUT2D eigenvalue weighted by molar-refractivity contribution is -0.116. The van der Waals surface area contributed by atoms with E-state index in [9.17, 15) is 14.7 Å². The first-order chi connectivity index (χ1) is 10.6. The number of unbranched alkanes of at least 4 members (excludes halogenated alkanes) is 1. The van der Waals surface area contributed by atoms with Crippen molar-refractivity contribution in [2.75, 3.05) is 5.32 Å². The largest absolute Gasteiger partial charge is 0.477 e. The number of aromatic nitrogens is 4. The topological polar surface area (TPSA) is 124 Å². The fourth-order valence-corrected chi connectivity index (χ4v) is 2.71. The number of hydrogen-bond acceptors (Lipinski definition) is 4. The first-order valence-corrected chi connectivity index (χ1v) is 7.25. The molecule has 0 bridgehead atoms. The van der Waals surface area contributed by atoms with Crippen LogP contribution in [0.15, 0.2) is 6.20 Å². The van der Waals surface area contributed by atoms with E-state index >= 15 is 0 Å². The number of anilines is 1. The fraction of sp³-hybridized carbons (Fsp3) is 0.429. The summed E-state index contributed by atoms with van der Waals surface area (Å²) in [4.78, 5) is 30.7. The Morgan fingerprint density at radius 1 is 1.50 bits per heavy atom. The summed E-state index contributed by atoms with van der Waals surface area (Å²) in [5.74, 6) is -0.532. The summed E-state index contributed by atoms with van der Waals surface area (Å²) >= 11 is 0. The van der Waals surface area contributed by atoms with Gasteiger partial charge < -0.3 is 15.4 Å². The molecular weight excluding hydrogens is 286 g/mol. The number of rotatable bonds is 5. The van der Waals surface area contributed by atoms with Gasteiger partial charge in [0.15, 0.2) is 5.82 Å². The molecule has 3 heterocycles. The van der Waals surface area contributed by atoms with E-state index in [2.05, 4.69) is 32.4 Å². The highest BCUT2D eigenvalue weighted by Gasteiger charge is 2.34. The molecule has 2 aromatic heterocycles. The van der Waals surface area contributed by atoms with E-state index in [0.29, 0.717) is 5.56 Å². The summed E-state index contributed by atoms with van der Waals surface area (Å²) in [5, 5.41) is 18.2. The van der Waals surface area contributed by atoms with E-state index in [-0.39, 0.29) is 29.8 Å². The Kier molecular flexibility index (Phi) is 3.66. The quantitative estimate of drug-likeness (QED) is 0.668. The Morgan fingerprint density at radius 2 is 2.32 bits per heavy atom. The number of carbonyl (C=O) groups is 2. The van der Waals surface area contributed by atoms with Gasteiger partial charge in [-0.25, -0.2) is 9.78 Å². The van der Waals surface area contributed by atoms with Crippen molar-refractivity contribution in [1.82, 2.24) is 20.2 Å². The summed E-state index contributed by atoms with van der Waals surface area (Å²) in [6, 6.07) is 0. The van der Waals surface area contributed by atoms with Gasteiger partial charge in [-0.15, -0.1) is 0 Å². The SMILES string of the molecule is CCCCc1ncc(C2CC(=O)Nc3n[nH]c(C(=O)O)c32)[nH]1. The molecule has 1 amide bonds. The molecule has 0 saturated heterocycles. The second-order valence-electron chi connectivity index (χ2n) is 5.36. The van der Waals surface area contributed by atoms with Gasteiger partial charge in [0.05, 0.1) is 0 Å². The van der Waals surface area contributed by atoms with Crippen LogP contribution in [0, 0.1) is 0 Å². The average Bonchev–Trinajstić information content (AvgIpc) is 3.10. The van der Waals surface area contributed by atoms with Crippen LogP contribution in [0.25, 0.3) is 0 Å². The Labute approximate surface area is 126 Å². The van der Waals surface area contributed by atoms with Crippen LogP contribution in [0.3, 0.4) is 0 Å². The highest BCUT2D eigenvalue weighted by atomic mass is 16.4. The van der Waals surface area contributed by atoms with E-state index < -0.39 is 5.97 Å². The molecular formula is C14H17N5O3. The number of imidazole rings is 1. The van der Waals surface area contributed by atoms with Gasteiger partial charge >= 0.3 is 5.97 Å². The van der Waals surface area contributed by atoms with Crippen LogP contribution >= 0.6 is 0 Å². The van der Waals surface area contributed by atoms with Crippen molar-refractivity contribution < 1.29 is 14.7 Å². The van der Waals surface area contributed by atoms with Crippen LogP contribution < -0.4 is 5.32 Å². The van der Waals surface area contributed by atoms with E-state index in [0.717, 1.165) is 30.8 Å².